The highest BCUT2D eigenvalue weighted by Crippen LogP contribution is 2.31. The Morgan fingerprint density at radius 3 is 0.719 bits per heavy atom. The monoisotopic (exact) mass is 1270 g/mol. The minimum absolute atomic E-state index is 0. The van der Waals surface area contributed by atoms with Crippen LogP contribution in [0.2, 0.25) is 0 Å². The molecule has 4 aromatic heterocycles. The Balaban J connectivity index is 0.00000421. The third kappa shape index (κ3) is 21.3. The van der Waals surface area contributed by atoms with Crippen LogP contribution in [0.1, 0.15) is 142 Å². The molecule has 8 aromatic rings. The van der Waals surface area contributed by atoms with Gasteiger partial charge in [0.15, 0.2) is 0 Å². The summed E-state index contributed by atoms with van der Waals surface area (Å²) in [6.45, 7) is 8.12. The number of rotatable bonds is 32. The van der Waals surface area contributed by atoms with Crippen molar-refractivity contribution in [2.24, 2.45) is 0 Å². The van der Waals surface area contributed by atoms with E-state index in [-0.39, 0.29) is 37.2 Å². The number of fused-ring (bicyclic) bond motifs is 8. The molecule has 0 saturated heterocycles. The number of aromatic nitrogens is 4. The van der Waals surface area contributed by atoms with E-state index in [1.165, 1.54) is 64.2 Å². The number of aromatic amines is 4. The van der Waals surface area contributed by atoms with Gasteiger partial charge in [0.25, 0.3) is 0 Å². The fourth-order valence-electron chi connectivity index (χ4n) is 11.6. The molecule has 0 saturated carbocycles. The number of nitrogens with one attached hydrogen (secondary N) is 4. The van der Waals surface area contributed by atoms with Crippen LogP contribution in [0.5, 0.6) is 23.0 Å². The summed E-state index contributed by atoms with van der Waals surface area (Å²) in [4.78, 5) is 15.9. The molecule has 0 spiro atoms. The summed E-state index contributed by atoms with van der Waals surface area (Å²) < 4.78 is 28.1. The molecular formula is C75H100Cl3N7O4. The fourth-order valence-corrected chi connectivity index (χ4v) is 11.6. The number of benzene rings is 4. The Morgan fingerprint density at radius 2 is 0.483 bits per heavy atom. The van der Waals surface area contributed by atoms with E-state index in [4.69, 9.17) is 18.9 Å². The topological polar surface area (TPSA) is 100 Å². The van der Waals surface area contributed by atoms with Crippen molar-refractivity contribution in [3.05, 3.63) is 212 Å². The van der Waals surface area contributed by atoms with Gasteiger partial charge in [-0.15, -0.1) is 0 Å². The molecule has 1 aliphatic rings. The van der Waals surface area contributed by atoms with Crippen LogP contribution in [0.4, 0.5) is 0 Å². The summed E-state index contributed by atoms with van der Waals surface area (Å²) in [6.07, 6.45) is 17.3. The normalized spacial score (nSPS) is 12.5. The summed E-state index contributed by atoms with van der Waals surface area (Å²) in [7, 11) is 20.0. The number of hydrogen-bond acceptors (Lipinski definition) is 4. The summed E-state index contributed by atoms with van der Waals surface area (Å²) >= 11 is 0. The molecule has 480 valence electrons. The van der Waals surface area contributed by atoms with Gasteiger partial charge in [-0.05, 0) is 126 Å². The maximum atomic E-state index is 6.40. The lowest BCUT2D eigenvalue weighted by molar-refractivity contribution is -0.870. The lowest BCUT2D eigenvalue weighted by atomic mass is 10.0. The minimum Gasteiger partial charge on any atom is -1.00 e. The highest BCUT2D eigenvalue weighted by molar-refractivity contribution is 5.85. The van der Waals surface area contributed by atoms with Crippen molar-refractivity contribution in [3.63, 3.8) is 0 Å². The Bertz CT molecular complexity index is 3650. The van der Waals surface area contributed by atoms with Crippen LogP contribution < -0.4 is 77.6 Å². The molecule has 4 N–H and O–H groups in total. The molecule has 0 radical (unpaired) electrons. The summed E-state index contributed by atoms with van der Waals surface area (Å²) in [5.74, 6) is 3.46. The first-order valence-electron chi connectivity index (χ1n) is 32.1. The number of hydrogen-bond donors (Lipinski definition) is 4. The van der Waals surface area contributed by atoms with Crippen molar-refractivity contribution in [3.8, 4) is 23.0 Å². The quantitative estimate of drug-likeness (QED) is 0.0384. The van der Waals surface area contributed by atoms with E-state index in [1.807, 2.05) is 0 Å². The van der Waals surface area contributed by atoms with Crippen molar-refractivity contribution in [1.29, 1.82) is 0 Å². The predicted octanol–water partition coefficient (Wildman–Crippen LogP) is 3.43. The van der Waals surface area contributed by atoms with Gasteiger partial charge in [-0.1, -0.05) is 120 Å². The molecule has 0 atom stereocenters. The van der Waals surface area contributed by atoms with Crippen molar-refractivity contribution in [1.82, 2.24) is 19.9 Å². The number of ether oxygens (including phenoxy) is 4. The Labute approximate surface area is 549 Å². The maximum Gasteiger partial charge on any atom is 0.119 e. The molecular weight excluding hydrogens is 1170 g/mol. The van der Waals surface area contributed by atoms with Gasteiger partial charge in [0, 0.05) is 85.7 Å². The van der Waals surface area contributed by atoms with Crippen molar-refractivity contribution >= 4 is 22.3 Å². The Kier molecular flexibility index (Phi) is 27.3. The molecule has 0 aliphatic carbocycles. The third-order valence-corrected chi connectivity index (χ3v) is 16.2. The van der Waals surface area contributed by atoms with Gasteiger partial charge < -0.3 is 89.6 Å². The zero-order valence-electron chi connectivity index (χ0n) is 54.8. The average Bonchev–Trinajstić information content (AvgIpc) is 2.80. The van der Waals surface area contributed by atoms with Crippen LogP contribution >= 0.6 is 0 Å². The molecule has 1 aliphatic heterocycles. The molecule has 8 bridgehead atoms. The molecule has 9 rings (SSSR count). The first kappa shape index (κ1) is 71.5. The number of unbranched alkanes of at least 4 members (excludes halogenated alkanes) is 10. The van der Waals surface area contributed by atoms with Gasteiger partial charge in [-0.25, -0.2) is 0 Å². The first-order chi connectivity index (χ1) is 41.5. The zero-order valence-corrected chi connectivity index (χ0v) is 57.1. The average molecular weight is 1270 g/mol. The fraction of sp³-hybridized carbons (Fsp3) is 0.413. The number of nitrogens with zero attached hydrogens (tertiary/aromatic N) is 3. The van der Waals surface area contributed by atoms with Crippen LogP contribution in [-0.4, -0.2) is 143 Å². The summed E-state index contributed by atoms with van der Waals surface area (Å²) in [6, 6.07) is 52.1. The molecule has 0 amide bonds. The zero-order chi connectivity index (χ0) is 60.5. The Morgan fingerprint density at radius 1 is 0.258 bits per heavy atom. The third-order valence-electron chi connectivity index (χ3n) is 16.2. The van der Waals surface area contributed by atoms with E-state index in [9.17, 15) is 0 Å². The van der Waals surface area contributed by atoms with Gasteiger partial charge >= 0.3 is 0 Å². The van der Waals surface area contributed by atoms with E-state index in [0.717, 1.165) is 177 Å². The molecule has 0 fully saturated rings. The van der Waals surface area contributed by atoms with Crippen LogP contribution in [-0.2, 0) is 0 Å². The standard InChI is InChI=1S/C75H100N7O4.3ClH/c1-11-12-13-14-15-16-17-18-19-20-21-52-83-60-33-25-56(26-34-60)72-64-41-43-66(76-64)73(57-27-35-61(36-28-57)84-53-22-49-80(2,3)4)68-45-47-70(78-68)75(59-31-39-63(40-32-59)86-55-24-51-82(8,9)10)71-48-46-69(79-71)74(67-44-42-65(72)77-67)58-29-37-62(38-30-58)85-54-23-50-81(5,6)7;;;/h25-48,76-79H,11-24,49-55H2,1-10H3;3*1H/q+3;;;/p-3. The van der Waals surface area contributed by atoms with Crippen molar-refractivity contribution in [2.75, 3.05) is 109 Å². The number of quaternary nitrogens is 3. The van der Waals surface area contributed by atoms with E-state index in [0.29, 0.717) is 19.8 Å². The van der Waals surface area contributed by atoms with Crippen LogP contribution in [0.3, 0.4) is 0 Å². The molecule has 14 heteroatoms. The van der Waals surface area contributed by atoms with E-state index in [2.05, 4.69) is 236 Å². The highest BCUT2D eigenvalue weighted by atomic mass is 35.5. The second-order valence-corrected chi connectivity index (χ2v) is 26.8. The van der Waals surface area contributed by atoms with Gasteiger partial charge in [0.1, 0.15) is 23.0 Å². The molecule has 11 nitrogen and oxygen atoms in total. The van der Waals surface area contributed by atoms with Gasteiger partial charge in [-0.2, -0.15) is 0 Å². The van der Waals surface area contributed by atoms with Gasteiger partial charge in [0.2, 0.25) is 0 Å². The van der Waals surface area contributed by atoms with Crippen molar-refractivity contribution in [2.45, 2.75) is 96.8 Å². The molecule has 0 unspecified atom stereocenters. The van der Waals surface area contributed by atoms with Crippen LogP contribution in [0.15, 0.2) is 146 Å². The SMILES string of the molecule is CCCCCCCCCCCCCOc1ccc(C2=c3ccc([nH]3)=C(c3ccc(OCCC[N+](C)(C)C)cc3)c3ccc([nH]3)C(c3ccc(OCCC[N+](C)(C)C)cc3)=c3ccc([nH]3)=C(c3ccc(OCCC[N+](C)(C)C)cc3)c3ccc2[nH]3)cc1.[Cl-].[Cl-].[Cl-]. The van der Waals surface area contributed by atoms with Crippen molar-refractivity contribution < 1.29 is 69.6 Å². The second-order valence-electron chi connectivity index (χ2n) is 26.8. The maximum absolute atomic E-state index is 6.40. The van der Waals surface area contributed by atoms with Crippen LogP contribution in [0.25, 0.3) is 22.3 Å². The lowest BCUT2D eigenvalue weighted by Gasteiger charge is -2.23. The molecule has 5 heterocycles. The van der Waals surface area contributed by atoms with E-state index < -0.39 is 0 Å². The van der Waals surface area contributed by atoms with E-state index >= 15 is 0 Å². The largest absolute Gasteiger partial charge is 1.00 e. The van der Waals surface area contributed by atoms with E-state index in [1.54, 1.807) is 0 Å². The predicted molar refractivity (Wildman–Crippen MR) is 355 cm³/mol. The number of H-pyrrole nitrogens is 4. The highest BCUT2D eigenvalue weighted by Gasteiger charge is 2.20. The second kappa shape index (κ2) is 34.0. The summed E-state index contributed by atoms with van der Waals surface area (Å²) in [5, 5.41) is 3.93. The molecule has 89 heavy (non-hydrogen) atoms. The Hall–Kier alpha value is -6.57. The molecule has 4 aromatic carbocycles. The summed E-state index contributed by atoms with van der Waals surface area (Å²) in [5.41, 5.74) is 12.4. The minimum atomic E-state index is 0. The smallest absolute Gasteiger partial charge is 0.119 e. The van der Waals surface area contributed by atoms with Gasteiger partial charge in [-0.3, -0.25) is 0 Å². The lowest BCUT2D eigenvalue weighted by Crippen LogP contribution is -3.00. The van der Waals surface area contributed by atoms with Gasteiger partial charge in [0.05, 0.1) is 109 Å². The number of halogens is 3. The first-order valence-corrected chi connectivity index (χ1v) is 32.1. The van der Waals surface area contributed by atoms with Crippen LogP contribution in [0, 0.1) is 0 Å².